The van der Waals surface area contributed by atoms with E-state index in [1.165, 1.54) is 0 Å². The highest BCUT2D eigenvalue weighted by Crippen LogP contribution is 2.18. The van der Waals surface area contributed by atoms with Crippen LogP contribution in [0, 0.1) is 0 Å². The molecule has 2 N–H and O–H groups in total. The Kier molecular flexibility index (Phi) is 7.37. The number of thioether (sulfide) groups is 1. The molecule has 0 unspecified atom stereocenters. The summed E-state index contributed by atoms with van der Waals surface area (Å²) in [6.45, 7) is 2.26. The third-order valence-electron chi connectivity index (χ3n) is 3.60. The quantitative estimate of drug-likeness (QED) is 0.811. The molecule has 1 heterocycles. The van der Waals surface area contributed by atoms with E-state index >= 15 is 0 Å². The Morgan fingerprint density at radius 3 is 2.44 bits per heavy atom. The fourth-order valence-electron chi connectivity index (χ4n) is 2.44. The summed E-state index contributed by atoms with van der Waals surface area (Å²) in [7, 11) is 0. The van der Waals surface area contributed by atoms with Gasteiger partial charge in [-0.15, -0.1) is 12.4 Å². The predicted molar refractivity (Wildman–Crippen MR) is 77.4 cm³/mol. The van der Waals surface area contributed by atoms with Gasteiger partial charge < -0.3 is 15.3 Å². The lowest BCUT2D eigenvalue weighted by Crippen LogP contribution is -2.45. The molecule has 2 rings (SSSR count). The first-order valence-electron chi connectivity index (χ1n) is 6.52. The molecule has 1 saturated carbocycles. The second-order valence-electron chi connectivity index (χ2n) is 4.88. The minimum Gasteiger partial charge on any atom is -0.393 e. The van der Waals surface area contributed by atoms with Crippen LogP contribution in [0.1, 0.15) is 25.7 Å². The maximum Gasteiger partial charge on any atom is 0.236 e. The smallest absolute Gasteiger partial charge is 0.236 e. The summed E-state index contributed by atoms with van der Waals surface area (Å²) in [4.78, 5) is 13.9. The van der Waals surface area contributed by atoms with E-state index in [0.717, 1.165) is 50.3 Å². The minimum absolute atomic E-state index is 0. The average molecular weight is 295 g/mol. The van der Waals surface area contributed by atoms with Gasteiger partial charge in [-0.3, -0.25) is 4.79 Å². The molecule has 106 valence electrons. The summed E-state index contributed by atoms with van der Waals surface area (Å²) in [5.74, 6) is 2.37. The maximum absolute atomic E-state index is 11.9. The number of hydrogen-bond acceptors (Lipinski definition) is 4. The zero-order valence-electron chi connectivity index (χ0n) is 10.6. The third-order valence-corrected chi connectivity index (χ3v) is 4.54. The number of amides is 1. The van der Waals surface area contributed by atoms with E-state index in [0.29, 0.717) is 12.6 Å². The SMILES string of the molecule is Cl.O=C(CNC1CCC(O)CC1)N1CCSCC1. The highest BCUT2D eigenvalue weighted by atomic mass is 35.5. The van der Waals surface area contributed by atoms with Crippen molar-refractivity contribution in [3.63, 3.8) is 0 Å². The Hall–Kier alpha value is 0.0300. The van der Waals surface area contributed by atoms with Gasteiger partial charge in [-0.25, -0.2) is 0 Å². The Morgan fingerprint density at radius 2 is 1.83 bits per heavy atom. The monoisotopic (exact) mass is 294 g/mol. The van der Waals surface area contributed by atoms with E-state index in [9.17, 15) is 9.90 Å². The number of carbonyl (C=O) groups is 1. The maximum atomic E-state index is 11.9. The van der Waals surface area contributed by atoms with Crippen LogP contribution < -0.4 is 5.32 Å². The number of aliphatic hydroxyl groups is 1. The van der Waals surface area contributed by atoms with Crippen LogP contribution in [0.25, 0.3) is 0 Å². The molecule has 0 atom stereocenters. The Bertz CT molecular complexity index is 254. The molecule has 6 heteroatoms. The summed E-state index contributed by atoms with van der Waals surface area (Å²) in [5, 5.41) is 12.7. The van der Waals surface area contributed by atoms with Crippen molar-refractivity contribution in [3.05, 3.63) is 0 Å². The molecule has 1 saturated heterocycles. The van der Waals surface area contributed by atoms with Gasteiger partial charge in [0.2, 0.25) is 5.91 Å². The number of rotatable bonds is 3. The fourth-order valence-corrected chi connectivity index (χ4v) is 3.34. The normalized spacial score (nSPS) is 28.6. The second-order valence-corrected chi connectivity index (χ2v) is 6.10. The Labute approximate surface area is 119 Å². The molecule has 2 aliphatic rings. The van der Waals surface area contributed by atoms with Gasteiger partial charge >= 0.3 is 0 Å². The lowest BCUT2D eigenvalue weighted by molar-refractivity contribution is -0.130. The van der Waals surface area contributed by atoms with Crippen LogP contribution in [0.4, 0.5) is 0 Å². The van der Waals surface area contributed by atoms with E-state index in [4.69, 9.17) is 0 Å². The van der Waals surface area contributed by atoms with Crippen molar-refractivity contribution in [2.24, 2.45) is 0 Å². The van der Waals surface area contributed by atoms with Gasteiger partial charge in [-0.05, 0) is 25.7 Å². The van der Waals surface area contributed by atoms with Gasteiger partial charge in [0, 0.05) is 30.6 Å². The van der Waals surface area contributed by atoms with Gasteiger partial charge in [0.1, 0.15) is 0 Å². The molecule has 0 radical (unpaired) electrons. The molecule has 18 heavy (non-hydrogen) atoms. The van der Waals surface area contributed by atoms with Crippen molar-refractivity contribution in [3.8, 4) is 0 Å². The highest BCUT2D eigenvalue weighted by molar-refractivity contribution is 7.99. The predicted octanol–water partition coefficient (Wildman–Crippen LogP) is 0.877. The van der Waals surface area contributed by atoms with Crippen molar-refractivity contribution >= 4 is 30.1 Å². The lowest BCUT2D eigenvalue weighted by atomic mass is 9.93. The van der Waals surface area contributed by atoms with Crippen LogP contribution in [0.3, 0.4) is 0 Å². The molecular formula is C12H23ClN2O2S. The van der Waals surface area contributed by atoms with Gasteiger partial charge in [0.25, 0.3) is 0 Å². The van der Waals surface area contributed by atoms with Crippen molar-refractivity contribution in [1.29, 1.82) is 0 Å². The van der Waals surface area contributed by atoms with Crippen molar-refractivity contribution < 1.29 is 9.90 Å². The first kappa shape index (κ1) is 16.1. The van der Waals surface area contributed by atoms with Crippen molar-refractivity contribution in [2.75, 3.05) is 31.1 Å². The lowest BCUT2D eigenvalue weighted by Gasteiger charge is -2.29. The van der Waals surface area contributed by atoms with E-state index < -0.39 is 0 Å². The summed E-state index contributed by atoms with van der Waals surface area (Å²) in [6.07, 6.45) is 3.59. The second kappa shape index (κ2) is 8.25. The van der Waals surface area contributed by atoms with Crippen molar-refractivity contribution in [2.45, 2.75) is 37.8 Å². The molecule has 1 amide bonds. The molecule has 4 nitrogen and oxygen atoms in total. The molecule has 1 aliphatic heterocycles. The van der Waals surface area contributed by atoms with Crippen LogP contribution in [-0.4, -0.2) is 59.2 Å². The third kappa shape index (κ3) is 4.96. The molecule has 2 fully saturated rings. The molecule has 1 aliphatic carbocycles. The van der Waals surface area contributed by atoms with Crippen LogP contribution in [0.15, 0.2) is 0 Å². The number of nitrogens with zero attached hydrogens (tertiary/aromatic N) is 1. The molecule has 0 bridgehead atoms. The van der Waals surface area contributed by atoms with Crippen LogP contribution in [-0.2, 0) is 4.79 Å². The van der Waals surface area contributed by atoms with Gasteiger partial charge in [0.05, 0.1) is 12.6 Å². The minimum atomic E-state index is -0.122. The number of aliphatic hydroxyl groups excluding tert-OH is 1. The number of halogens is 1. The topological polar surface area (TPSA) is 52.6 Å². The van der Waals surface area contributed by atoms with Crippen molar-refractivity contribution in [1.82, 2.24) is 10.2 Å². The molecule has 0 aromatic rings. The summed E-state index contributed by atoms with van der Waals surface area (Å²) >= 11 is 1.92. The zero-order chi connectivity index (χ0) is 12.1. The fraction of sp³-hybridized carbons (Fsp3) is 0.917. The molecule has 0 aromatic carbocycles. The van der Waals surface area contributed by atoms with Gasteiger partial charge in [0.15, 0.2) is 0 Å². The van der Waals surface area contributed by atoms with Gasteiger partial charge in [-0.2, -0.15) is 11.8 Å². The largest absolute Gasteiger partial charge is 0.393 e. The summed E-state index contributed by atoms with van der Waals surface area (Å²) < 4.78 is 0. The molecular weight excluding hydrogens is 272 g/mol. The van der Waals surface area contributed by atoms with Crippen LogP contribution >= 0.6 is 24.2 Å². The first-order chi connectivity index (χ1) is 8.25. The standard InChI is InChI=1S/C12H22N2O2S.ClH/c15-11-3-1-10(2-4-11)13-9-12(16)14-5-7-17-8-6-14;/h10-11,13,15H,1-9H2;1H. The molecule has 0 aromatic heterocycles. The summed E-state index contributed by atoms with van der Waals surface area (Å²) in [5.41, 5.74) is 0. The Morgan fingerprint density at radius 1 is 1.22 bits per heavy atom. The van der Waals surface area contributed by atoms with E-state index in [1.54, 1.807) is 0 Å². The number of hydrogen-bond donors (Lipinski definition) is 2. The van der Waals surface area contributed by atoms with Gasteiger partial charge in [-0.1, -0.05) is 0 Å². The van der Waals surface area contributed by atoms with E-state index in [-0.39, 0.29) is 24.4 Å². The number of nitrogens with one attached hydrogen (secondary N) is 1. The number of carbonyl (C=O) groups excluding carboxylic acids is 1. The van der Waals surface area contributed by atoms with Crippen LogP contribution in [0.2, 0.25) is 0 Å². The van der Waals surface area contributed by atoms with Crippen LogP contribution in [0.5, 0.6) is 0 Å². The van der Waals surface area contributed by atoms with E-state index in [1.807, 2.05) is 16.7 Å². The first-order valence-corrected chi connectivity index (χ1v) is 7.68. The summed E-state index contributed by atoms with van der Waals surface area (Å²) in [6, 6.07) is 0.418. The highest BCUT2D eigenvalue weighted by Gasteiger charge is 2.21. The molecule has 0 spiro atoms. The van der Waals surface area contributed by atoms with E-state index in [2.05, 4.69) is 5.32 Å². The average Bonchev–Trinajstić information content (AvgIpc) is 2.39. The zero-order valence-corrected chi connectivity index (χ0v) is 12.3. The Balaban J connectivity index is 0.00000162.